The second-order valence-corrected chi connectivity index (χ2v) is 7.87. The number of nitrogens with one attached hydrogen (secondary N) is 1. The van der Waals surface area contributed by atoms with Crippen LogP contribution in [0.25, 0.3) is 0 Å². The van der Waals surface area contributed by atoms with Crippen LogP contribution in [0.1, 0.15) is 45.4 Å². The van der Waals surface area contributed by atoms with Crippen LogP contribution in [0, 0.1) is 5.92 Å². The first-order valence-electron chi connectivity index (χ1n) is 7.23. The molecule has 0 saturated carbocycles. The summed E-state index contributed by atoms with van der Waals surface area (Å²) in [6.45, 7) is 3.09. The number of hydrogen-bond acceptors (Lipinski definition) is 3. The Labute approximate surface area is 111 Å². The third-order valence-corrected chi connectivity index (χ3v) is 5.96. The quantitative estimate of drug-likeness (QED) is 0.780. The highest BCUT2D eigenvalue weighted by molar-refractivity contribution is 7.91. The molecule has 104 valence electrons. The van der Waals surface area contributed by atoms with Gasteiger partial charge in [-0.25, -0.2) is 8.42 Å². The molecule has 2 rings (SSSR count). The molecule has 1 N–H and O–H groups in total. The van der Waals surface area contributed by atoms with Crippen LogP contribution in [0.5, 0.6) is 0 Å². The van der Waals surface area contributed by atoms with Gasteiger partial charge in [0.15, 0.2) is 9.84 Å². The molecule has 0 aromatic heterocycles. The van der Waals surface area contributed by atoms with E-state index >= 15 is 0 Å². The second-order valence-electron chi connectivity index (χ2n) is 5.64. The molecule has 4 heteroatoms. The van der Waals surface area contributed by atoms with Crippen LogP contribution in [0.2, 0.25) is 0 Å². The third kappa shape index (κ3) is 3.82. The first-order valence-corrected chi connectivity index (χ1v) is 9.05. The van der Waals surface area contributed by atoms with Gasteiger partial charge in [0, 0.05) is 6.04 Å². The van der Waals surface area contributed by atoms with Gasteiger partial charge >= 0.3 is 0 Å². The van der Waals surface area contributed by atoms with E-state index in [1.807, 2.05) is 0 Å². The Hall–Kier alpha value is -0.350. The molecule has 0 aromatic rings. The number of likely N-dealkylation sites (N-methyl/N-ethyl adjacent to an activating group) is 1. The van der Waals surface area contributed by atoms with Gasteiger partial charge in [-0.3, -0.25) is 0 Å². The maximum Gasteiger partial charge on any atom is 0.150 e. The Kier molecular flexibility index (Phi) is 4.84. The van der Waals surface area contributed by atoms with E-state index < -0.39 is 9.84 Å². The van der Waals surface area contributed by atoms with Crippen molar-refractivity contribution in [2.75, 3.05) is 18.1 Å². The van der Waals surface area contributed by atoms with E-state index in [9.17, 15) is 8.42 Å². The monoisotopic (exact) mass is 271 g/mol. The highest BCUT2D eigenvalue weighted by atomic mass is 32.2. The van der Waals surface area contributed by atoms with Crippen LogP contribution in [0.4, 0.5) is 0 Å². The molecule has 1 aliphatic carbocycles. The minimum absolute atomic E-state index is 0.363. The van der Waals surface area contributed by atoms with E-state index in [0.29, 0.717) is 23.5 Å². The molecule has 2 aliphatic rings. The molecule has 2 atom stereocenters. The van der Waals surface area contributed by atoms with Gasteiger partial charge in [0.25, 0.3) is 0 Å². The summed E-state index contributed by atoms with van der Waals surface area (Å²) in [6.07, 6.45) is 9.21. The third-order valence-electron chi connectivity index (χ3n) is 4.12. The Morgan fingerprint density at radius 2 is 2.28 bits per heavy atom. The Balaban J connectivity index is 1.96. The van der Waals surface area contributed by atoms with Crippen molar-refractivity contribution in [1.82, 2.24) is 5.32 Å². The summed E-state index contributed by atoms with van der Waals surface area (Å²) in [5.74, 6) is 1.17. The van der Waals surface area contributed by atoms with E-state index in [-0.39, 0.29) is 0 Å². The van der Waals surface area contributed by atoms with Crippen LogP contribution in [-0.4, -0.2) is 32.5 Å². The molecule has 0 amide bonds. The molecular formula is C14H25NO2S. The Morgan fingerprint density at radius 1 is 1.44 bits per heavy atom. The van der Waals surface area contributed by atoms with Crippen molar-refractivity contribution >= 4 is 9.84 Å². The smallest absolute Gasteiger partial charge is 0.150 e. The van der Waals surface area contributed by atoms with Crippen molar-refractivity contribution in [2.24, 2.45) is 5.92 Å². The fourth-order valence-corrected chi connectivity index (χ4v) is 5.06. The summed E-state index contributed by atoms with van der Waals surface area (Å²) in [7, 11) is -2.73. The fourth-order valence-electron chi connectivity index (χ4n) is 3.18. The minimum atomic E-state index is -2.73. The van der Waals surface area contributed by atoms with Crippen LogP contribution in [0.15, 0.2) is 11.6 Å². The average molecular weight is 271 g/mol. The molecule has 2 unspecified atom stereocenters. The van der Waals surface area contributed by atoms with Crippen LogP contribution in [0.3, 0.4) is 0 Å². The summed E-state index contributed by atoms with van der Waals surface area (Å²) in [5.41, 5.74) is 1.52. The molecule has 1 saturated heterocycles. The predicted octanol–water partition coefficient (Wildman–Crippen LogP) is 2.29. The zero-order chi connectivity index (χ0) is 13.0. The summed E-state index contributed by atoms with van der Waals surface area (Å²) in [6, 6.07) is 0.411. The highest BCUT2D eigenvalue weighted by Crippen LogP contribution is 2.28. The normalized spacial score (nSPS) is 28.9. The lowest BCUT2D eigenvalue weighted by atomic mass is 9.88. The molecule has 1 fully saturated rings. The zero-order valence-electron chi connectivity index (χ0n) is 11.3. The summed E-state index contributed by atoms with van der Waals surface area (Å²) in [5, 5.41) is 3.54. The highest BCUT2D eigenvalue weighted by Gasteiger charge is 2.30. The summed E-state index contributed by atoms with van der Waals surface area (Å²) >= 11 is 0. The molecule has 1 aliphatic heterocycles. The van der Waals surface area contributed by atoms with Crippen molar-refractivity contribution in [3.63, 3.8) is 0 Å². The lowest BCUT2D eigenvalue weighted by molar-refractivity contribution is 0.432. The van der Waals surface area contributed by atoms with Crippen LogP contribution < -0.4 is 5.32 Å². The van der Waals surface area contributed by atoms with E-state index in [1.165, 1.54) is 31.3 Å². The number of allylic oxidation sites excluding steroid dienone is 1. The first kappa shape index (κ1) is 14.1. The van der Waals surface area contributed by atoms with E-state index in [4.69, 9.17) is 0 Å². The maximum atomic E-state index is 11.5. The van der Waals surface area contributed by atoms with Gasteiger partial charge in [0.2, 0.25) is 0 Å². The molecule has 0 bridgehead atoms. The molecular weight excluding hydrogens is 246 g/mol. The topological polar surface area (TPSA) is 46.2 Å². The second kappa shape index (κ2) is 6.20. The van der Waals surface area contributed by atoms with Gasteiger partial charge in [-0.1, -0.05) is 18.6 Å². The van der Waals surface area contributed by atoms with Crippen molar-refractivity contribution in [1.29, 1.82) is 0 Å². The van der Waals surface area contributed by atoms with Crippen molar-refractivity contribution in [2.45, 2.75) is 51.5 Å². The number of rotatable bonds is 5. The summed E-state index contributed by atoms with van der Waals surface area (Å²) in [4.78, 5) is 0. The average Bonchev–Trinajstić information content (AvgIpc) is 2.69. The fraction of sp³-hybridized carbons (Fsp3) is 0.857. The molecule has 0 radical (unpaired) electrons. The molecule has 1 heterocycles. The maximum absolute atomic E-state index is 11.5. The minimum Gasteiger partial charge on any atom is -0.311 e. The van der Waals surface area contributed by atoms with Crippen molar-refractivity contribution in [3.8, 4) is 0 Å². The van der Waals surface area contributed by atoms with Gasteiger partial charge < -0.3 is 5.32 Å². The van der Waals surface area contributed by atoms with E-state index in [0.717, 1.165) is 19.4 Å². The SMILES string of the molecule is CCNC(CC1CCS(=O)(=O)C1)C1=CCCCC1. The largest absolute Gasteiger partial charge is 0.311 e. The zero-order valence-corrected chi connectivity index (χ0v) is 12.1. The van der Waals surface area contributed by atoms with Gasteiger partial charge in [-0.15, -0.1) is 0 Å². The number of sulfone groups is 1. The van der Waals surface area contributed by atoms with Crippen molar-refractivity contribution < 1.29 is 8.42 Å². The van der Waals surface area contributed by atoms with Crippen LogP contribution in [-0.2, 0) is 9.84 Å². The standard InChI is InChI=1S/C14H25NO2S/c1-2-15-14(13-6-4-3-5-7-13)10-12-8-9-18(16,17)11-12/h6,12,14-15H,2-5,7-11H2,1H3. The summed E-state index contributed by atoms with van der Waals surface area (Å²) < 4.78 is 23.0. The van der Waals surface area contributed by atoms with Crippen molar-refractivity contribution in [3.05, 3.63) is 11.6 Å². The lowest BCUT2D eigenvalue weighted by Gasteiger charge is -2.26. The Morgan fingerprint density at radius 3 is 2.83 bits per heavy atom. The van der Waals surface area contributed by atoms with Gasteiger partial charge in [0.05, 0.1) is 11.5 Å². The molecule has 0 aromatic carbocycles. The van der Waals surface area contributed by atoms with Crippen LogP contribution >= 0.6 is 0 Å². The molecule has 3 nitrogen and oxygen atoms in total. The molecule has 18 heavy (non-hydrogen) atoms. The Bertz CT molecular complexity index is 400. The van der Waals surface area contributed by atoms with Gasteiger partial charge in [-0.2, -0.15) is 0 Å². The van der Waals surface area contributed by atoms with Gasteiger partial charge in [-0.05, 0) is 51.0 Å². The van der Waals surface area contributed by atoms with E-state index in [1.54, 1.807) is 0 Å². The first-order chi connectivity index (χ1) is 8.61. The lowest BCUT2D eigenvalue weighted by Crippen LogP contribution is -2.33. The predicted molar refractivity (Wildman–Crippen MR) is 75.4 cm³/mol. The molecule has 0 spiro atoms. The van der Waals surface area contributed by atoms with E-state index in [2.05, 4.69) is 18.3 Å². The number of hydrogen-bond donors (Lipinski definition) is 1. The van der Waals surface area contributed by atoms with Gasteiger partial charge in [0.1, 0.15) is 0 Å².